The van der Waals surface area contributed by atoms with Crippen LogP contribution >= 0.6 is 23.2 Å². The van der Waals surface area contributed by atoms with E-state index in [4.69, 9.17) is 33.2 Å². The van der Waals surface area contributed by atoms with Gasteiger partial charge in [-0.15, -0.1) is 0 Å². The number of ether oxygens (including phenoxy) is 1. The normalized spacial score (nSPS) is 17.3. The van der Waals surface area contributed by atoms with Crippen molar-refractivity contribution in [3.63, 3.8) is 0 Å². The molecule has 3 aromatic rings. The number of hydrogen-bond donors (Lipinski definition) is 2. The molecule has 8 heteroatoms. The van der Waals surface area contributed by atoms with Gasteiger partial charge < -0.3 is 19.8 Å². The van der Waals surface area contributed by atoms with Crippen LogP contribution in [0.1, 0.15) is 42.6 Å². The quantitative estimate of drug-likeness (QED) is 0.387. The lowest BCUT2D eigenvalue weighted by molar-refractivity contribution is 0.0285. The summed E-state index contributed by atoms with van der Waals surface area (Å²) in [6.07, 6.45) is 0. The molecule has 1 fully saturated rings. The number of piperazine rings is 1. The molecule has 0 amide bonds. The van der Waals surface area contributed by atoms with E-state index in [0.717, 1.165) is 16.8 Å². The molecular weight excluding hydrogens is 509 g/mol. The third kappa shape index (κ3) is 6.75. The van der Waals surface area contributed by atoms with E-state index >= 15 is 0 Å². The second-order valence-electron chi connectivity index (χ2n) is 9.90. The monoisotopic (exact) mass is 539 g/mol. The molecular formula is C29H31Cl2N3O3. The van der Waals surface area contributed by atoms with Crippen LogP contribution in [0.2, 0.25) is 10.0 Å². The Labute approximate surface area is 228 Å². The molecule has 37 heavy (non-hydrogen) atoms. The maximum absolute atomic E-state index is 10.3. The Morgan fingerprint density at radius 1 is 1.05 bits per heavy atom. The van der Waals surface area contributed by atoms with Crippen molar-refractivity contribution in [1.29, 1.82) is 5.26 Å². The average molecular weight is 540 g/mol. The summed E-state index contributed by atoms with van der Waals surface area (Å²) in [5, 5.41) is 30.7. The van der Waals surface area contributed by atoms with Crippen LogP contribution in [0, 0.1) is 11.3 Å². The molecule has 2 atom stereocenters. The van der Waals surface area contributed by atoms with Crippen LogP contribution in [-0.4, -0.2) is 53.6 Å². The smallest absolute Gasteiger partial charge is 0.121 e. The number of aliphatic hydroxyl groups is 2. The van der Waals surface area contributed by atoms with Gasteiger partial charge in [0, 0.05) is 30.7 Å². The van der Waals surface area contributed by atoms with Gasteiger partial charge in [0.1, 0.15) is 12.4 Å². The summed E-state index contributed by atoms with van der Waals surface area (Å²) in [6, 6.07) is 22.7. The standard InChI is InChI=1S/C29H31Cl2N3O3/c1-29(2,36)19-37-24-11-12-26(25(31)15-24)34-14-13-33(17-27(34)21-7-9-23(30)10-8-21)28(18-35)22-5-3-20(16-32)4-6-22/h3-12,15,27-28,35-36H,13-14,17-19H2,1-2H3/t27-,28+/m0/s1. The maximum Gasteiger partial charge on any atom is 0.121 e. The fourth-order valence-corrected chi connectivity index (χ4v) is 5.03. The van der Waals surface area contributed by atoms with E-state index in [1.54, 1.807) is 32.0 Å². The maximum atomic E-state index is 10.3. The molecule has 0 radical (unpaired) electrons. The lowest BCUT2D eigenvalue weighted by Crippen LogP contribution is -2.50. The predicted octanol–water partition coefficient (Wildman–Crippen LogP) is 5.61. The highest BCUT2D eigenvalue weighted by Crippen LogP contribution is 2.39. The molecule has 194 valence electrons. The number of aliphatic hydroxyl groups excluding tert-OH is 1. The van der Waals surface area contributed by atoms with Crippen LogP contribution in [0.3, 0.4) is 0 Å². The van der Waals surface area contributed by atoms with Crippen molar-refractivity contribution in [3.8, 4) is 11.8 Å². The molecule has 0 aliphatic carbocycles. The van der Waals surface area contributed by atoms with Crippen molar-refractivity contribution in [2.24, 2.45) is 0 Å². The molecule has 0 unspecified atom stereocenters. The number of benzene rings is 3. The van der Waals surface area contributed by atoms with Crippen LogP contribution in [0.15, 0.2) is 66.7 Å². The topological polar surface area (TPSA) is 80.0 Å². The molecule has 0 spiro atoms. The van der Waals surface area contributed by atoms with Crippen LogP contribution < -0.4 is 9.64 Å². The summed E-state index contributed by atoms with van der Waals surface area (Å²) in [6.45, 7) is 5.56. The largest absolute Gasteiger partial charge is 0.491 e. The molecule has 1 aliphatic heterocycles. The van der Waals surface area contributed by atoms with Crippen LogP contribution in [0.4, 0.5) is 5.69 Å². The summed E-state index contributed by atoms with van der Waals surface area (Å²) in [5.74, 6) is 0.596. The van der Waals surface area contributed by atoms with Gasteiger partial charge in [-0.1, -0.05) is 47.5 Å². The number of hydrogen-bond acceptors (Lipinski definition) is 6. The number of nitriles is 1. The van der Waals surface area contributed by atoms with E-state index in [0.29, 0.717) is 41.0 Å². The molecule has 1 saturated heterocycles. The zero-order chi connectivity index (χ0) is 26.6. The Hall–Kier alpha value is -2.79. The van der Waals surface area contributed by atoms with Gasteiger partial charge in [0.15, 0.2) is 0 Å². The van der Waals surface area contributed by atoms with Gasteiger partial charge in [0.05, 0.1) is 46.6 Å². The van der Waals surface area contributed by atoms with Gasteiger partial charge in [-0.2, -0.15) is 5.26 Å². The number of rotatable bonds is 8. The van der Waals surface area contributed by atoms with Crippen LogP contribution in [-0.2, 0) is 0 Å². The number of halogens is 2. The average Bonchev–Trinajstić information content (AvgIpc) is 2.88. The summed E-state index contributed by atoms with van der Waals surface area (Å²) >= 11 is 12.9. The zero-order valence-corrected chi connectivity index (χ0v) is 22.5. The summed E-state index contributed by atoms with van der Waals surface area (Å²) in [4.78, 5) is 4.54. The van der Waals surface area contributed by atoms with Gasteiger partial charge >= 0.3 is 0 Å². The first kappa shape index (κ1) is 27.3. The SMILES string of the molecule is CC(C)(O)COc1ccc(N2CCN([C@H](CO)c3ccc(C#N)cc3)C[C@H]2c2ccc(Cl)cc2)c(Cl)c1. The van der Waals surface area contributed by atoms with Gasteiger partial charge in [0.2, 0.25) is 0 Å². The lowest BCUT2D eigenvalue weighted by atomic mass is 9.97. The van der Waals surface area contributed by atoms with Gasteiger partial charge in [-0.05, 0) is 61.4 Å². The van der Waals surface area contributed by atoms with E-state index < -0.39 is 5.60 Å². The van der Waals surface area contributed by atoms with E-state index in [9.17, 15) is 10.2 Å². The molecule has 0 saturated carbocycles. The Morgan fingerprint density at radius 2 is 1.76 bits per heavy atom. The highest BCUT2D eigenvalue weighted by atomic mass is 35.5. The third-order valence-corrected chi connectivity index (χ3v) is 7.08. The molecule has 0 bridgehead atoms. The van der Waals surface area contributed by atoms with Crippen LogP contribution in [0.5, 0.6) is 5.75 Å². The number of anilines is 1. The minimum absolute atomic E-state index is 0.0345. The predicted molar refractivity (Wildman–Crippen MR) is 147 cm³/mol. The van der Waals surface area contributed by atoms with Crippen molar-refractivity contribution in [2.75, 3.05) is 37.7 Å². The zero-order valence-electron chi connectivity index (χ0n) is 20.9. The minimum atomic E-state index is -0.945. The lowest BCUT2D eigenvalue weighted by Gasteiger charge is -2.46. The molecule has 6 nitrogen and oxygen atoms in total. The fraction of sp³-hybridized carbons (Fsp3) is 0.345. The highest BCUT2D eigenvalue weighted by Gasteiger charge is 2.33. The molecule has 2 N–H and O–H groups in total. The Morgan fingerprint density at radius 3 is 2.35 bits per heavy atom. The molecule has 0 aromatic heterocycles. The van der Waals surface area contributed by atoms with Crippen molar-refractivity contribution < 1.29 is 14.9 Å². The molecule has 3 aromatic carbocycles. The first-order chi connectivity index (χ1) is 17.7. The van der Waals surface area contributed by atoms with Crippen molar-refractivity contribution >= 4 is 28.9 Å². The van der Waals surface area contributed by atoms with Crippen LogP contribution in [0.25, 0.3) is 0 Å². The molecule has 1 heterocycles. The Bertz CT molecular complexity index is 1240. The van der Waals surface area contributed by atoms with E-state index in [-0.39, 0.29) is 25.3 Å². The van der Waals surface area contributed by atoms with E-state index in [1.165, 1.54) is 0 Å². The second kappa shape index (κ2) is 11.7. The van der Waals surface area contributed by atoms with Gasteiger partial charge in [-0.3, -0.25) is 4.90 Å². The Balaban J connectivity index is 1.62. The third-order valence-electron chi connectivity index (χ3n) is 6.53. The first-order valence-electron chi connectivity index (χ1n) is 12.2. The first-order valence-corrected chi connectivity index (χ1v) is 13.0. The Kier molecular flexibility index (Phi) is 8.63. The van der Waals surface area contributed by atoms with Gasteiger partial charge in [0.25, 0.3) is 0 Å². The summed E-state index contributed by atoms with van der Waals surface area (Å²) in [7, 11) is 0. The van der Waals surface area contributed by atoms with Crippen molar-refractivity contribution in [3.05, 3.63) is 93.5 Å². The highest BCUT2D eigenvalue weighted by molar-refractivity contribution is 6.33. The second-order valence-corrected chi connectivity index (χ2v) is 10.7. The number of nitrogens with zero attached hydrogens (tertiary/aromatic N) is 3. The summed E-state index contributed by atoms with van der Waals surface area (Å²) in [5.41, 5.74) is 2.59. The van der Waals surface area contributed by atoms with Gasteiger partial charge in [-0.25, -0.2) is 0 Å². The van der Waals surface area contributed by atoms with E-state index in [2.05, 4.69) is 15.9 Å². The van der Waals surface area contributed by atoms with Crippen molar-refractivity contribution in [1.82, 2.24) is 4.90 Å². The fourth-order valence-electron chi connectivity index (χ4n) is 4.63. The van der Waals surface area contributed by atoms with Crippen molar-refractivity contribution in [2.45, 2.75) is 31.5 Å². The summed E-state index contributed by atoms with van der Waals surface area (Å²) < 4.78 is 5.72. The van der Waals surface area contributed by atoms with E-state index in [1.807, 2.05) is 48.5 Å². The minimum Gasteiger partial charge on any atom is -0.491 e. The molecule has 1 aliphatic rings. The molecule has 4 rings (SSSR count).